The zero-order chi connectivity index (χ0) is 24.0. The Morgan fingerprint density at radius 2 is 1.91 bits per heavy atom. The van der Waals surface area contributed by atoms with Gasteiger partial charge in [-0.15, -0.1) is 0 Å². The summed E-state index contributed by atoms with van der Waals surface area (Å²) in [7, 11) is -1.13. The summed E-state index contributed by atoms with van der Waals surface area (Å²) in [6.07, 6.45) is 5.25. The lowest BCUT2D eigenvalue weighted by atomic mass is 10.2. The van der Waals surface area contributed by atoms with Gasteiger partial charge in [0.1, 0.15) is 24.3 Å². The number of amides is 1. The number of carbonyl (C=O) groups excluding carboxylic acids is 1. The van der Waals surface area contributed by atoms with Crippen LogP contribution in [0.25, 0.3) is 16.9 Å². The van der Waals surface area contributed by atoms with E-state index in [1.807, 2.05) is 31.5 Å². The van der Waals surface area contributed by atoms with Gasteiger partial charge in [0.25, 0.3) is 0 Å². The fourth-order valence-corrected chi connectivity index (χ4v) is 4.58. The fraction of sp³-hybridized carbons (Fsp3) is 0.565. The lowest BCUT2D eigenvalue weighted by Crippen LogP contribution is -2.33. The summed E-state index contributed by atoms with van der Waals surface area (Å²) in [4.78, 5) is 23.1. The van der Waals surface area contributed by atoms with Crippen molar-refractivity contribution in [2.45, 2.75) is 78.8 Å². The molecule has 178 valence electrons. The smallest absolute Gasteiger partial charge is 0.410 e. The third-order valence-electron chi connectivity index (χ3n) is 5.50. The van der Waals surface area contributed by atoms with E-state index in [2.05, 4.69) is 42.7 Å². The third kappa shape index (κ3) is 5.27. The number of fused-ring (bicyclic) bond motifs is 2. The molecule has 0 saturated heterocycles. The van der Waals surface area contributed by atoms with Crippen molar-refractivity contribution in [1.82, 2.24) is 29.2 Å². The zero-order valence-electron chi connectivity index (χ0n) is 20.7. The molecule has 4 heterocycles. The molecule has 0 N–H and O–H groups in total. The van der Waals surface area contributed by atoms with Crippen molar-refractivity contribution < 1.29 is 14.3 Å². The second-order valence-electron chi connectivity index (χ2n) is 10.9. The minimum Gasteiger partial charge on any atom is -0.444 e. The summed E-state index contributed by atoms with van der Waals surface area (Å²) < 4.78 is 15.3. The molecular weight excluding hydrogens is 436 g/mol. The second kappa shape index (κ2) is 8.57. The van der Waals surface area contributed by atoms with Crippen molar-refractivity contribution in [3.8, 4) is 5.82 Å². The van der Waals surface area contributed by atoms with E-state index < -0.39 is 13.7 Å². The Hall–Kier alpha value is -2.72. The van der Waals surface area contributed by atoms with Crippen LogP contribution in [0, 0.1) is 6.92 Å². The summed E-state index contributed by atoms with van der Waals surface area (Å²) in [5.74, 6) is 0.733. The van der Waals surface area contributed by atoms with Gasteiger partial charge in [-0.2, -0.15) is 5.10 Å². The lowest BCUT2D eigenvalue weighted by Gasteiger charge is -2.24. The molecule has 1 aliphatic heterocycles. The molecule has 3 aromatic heterocycles. The summed E-state index contributed by atoms with van der Waals surface area (Å²) in [6.45, 7) is 16.8. The van der Waals surface area contributed by atoms with E-state index in [-0.39, 0.29) is 6.09 Å². The Kier molecular flexibility index (Phi) is 6.08. The number of ether oxygens (including phenoxy) is 2. The molecule has 3 aromatic rings. The molecular formula is C23H34N6O3Si. The Balaban J connectivity index is 1.52. The van der Waals surface area contributed by atoms with Crippen LogP contribution in [-0.2, 0) is 29.3 Å². The van der Waals surface area contributed by atoms with Crippen LogP contribution in [0.2, 0.25) is 25.7 Å². The van der Waals surface area contributed by atoms with Crippen LogP contribution in [0.3, 0.4) is 0 Å². The van der Waals surface area contributed by atoms with Crippen LogP contribution in [0.1, 0.15) is 37.6 Å². The van der Waals surface area contributed by atoms with Gasteiger partial charge in [-0.25, -0.2) is 19.4 Å². The Bertz CT molecular complexity index is 1150. The molecule has 0 aromatic carbocycles. The quantitative estimate of drug-likeness (QED) is 0.390. The van der Waals surface area contributed by atoms with E-state index in [9.17, 15) is 4.79 Å². The predicted octanol–water partition coefficient (Wildman–Crippen LogP) is 4.49. The first-order valence-corrected chi connectivity index (χ1v) is 15.1. The topological polar surface area (TPSA) is 87.3 Å². The third-order valence-corrected chi connectivity index (χ3v) is 7.20. The van der Waals surface area contributed by atoms with E-state index in [4.69, 9.17) is 14.6 Å². The molecule has 0 fully saturated rings. The van der Waals surface area contributed by atoms with Crippen molar-refractivity contribution in [3.05, 3.63) is 35.5 Å². The highest BCUT2D eigenvalue weighted by Gasteiger charge is 2.30. The van der Waals surface area contributed by atoms with Crippen LogP contribution in [0.4, 0.5) is 4.79 Å². The summed E-state index contributed by atoms with van der Waals surface area (Å²) >= 11 is 0. The largest absolute Gasteiger partial charge is 0.444 e. The number of hydrogen-bond donors (Lipinski definition) is 0. The van der Waals surface area contributed by atoms with Crippen molar-refractivity contribution in [1.29, 1.82) is 0 Å². The van der Waals surface area contributed by atoms with Gasteiger partial charge in [0.15, 0.2) is 5.82 Å². The van der Waals surface area contributed by atoms with Gasteiger partial charge in [0, 0.05) is 32.6 Å². The maximum atomic E-state index is 12.4. The first kappa shape index (κ1) is 23.4. The van der Waals surface area contributed by atoms with Crippen molar-refractivity contribution in [2.75, 3.05) is 6.61 Å². The van der Waals surface area contributed by atoms with Crippen molar-refractivity contribution >= 4 is 25.2 Å². The van der Waals surface area contributed by atoms with Crippen LogP contribution in [-0.4, -0.2) is 55.6 Å². The number of aryl methyl sites for hydroxylation is 1. The van der Waals surface area contributed by atoms with Crippen molar-refractivity contribution in [3.63, 3.8) is 0 Å². The highest BCUT2D eigenvalue weighted by molar-refractivity contribution is 6.76. The van der Waals surface area contributed by atoms with E-state index >= 15 is 0 Å². The number of hydrogen-bond acceptors (Lipinski definition) is 6. The molecule has 10 heteroatoms. The van der Waals surface area contributed by atoms with Gasteiger partial charge < -0.3 is 14.0 Å². The number of rotatable bonds is 6. The van der Waals surface area contributed by atoms with Crippen LogP contribution in [0.5, 0.6) is 0 Å². The molecule has 0 spiro atoms. The first-order chi connectivity index (χ1) is 15.4. The SMILES string of the molecule is Cc1cn(COCC[Si](C)(C)C)c2ncnc(-n3cc4c(n3)CN(C(=O)OC(C)(C)C)C4)c12. The standard InChI is InChI=1S/C23H34N6O3Si/c1-16-10-28(15-31-8-9-33(5,6)7)20-19(16)21(25-14-24-20)29-12-17-11-27(13-18(17)26-29)22(30)32-23(2,3)4/h10,12,14H,8-9,11,13,15H2,1-7H3. The highest BCUT2D eigenvalue weighted by Crippen LogP contribution is 2.28. The molecule has 0 bridgehead atoms. The Morgan fingerprint density at radius 1 is 1.15 bits per heavy atom. The van der Waals surface area contributed by atoms with Crippen molar-refractivity contribution in [2.24, 2.45) is 0 Å². The van der Waals surface area contributed by atoms with Gasteiger partial charge in [-0.05, 0) is 39.3 Å². The van der Waals surface area contributed by atoms with E-state index in [0.717, 1.165) is 46.3 Å². The van der Waals surface area contributed by atoms with Crippen LogP contribution >= 0.6 is 0 Å². The van der Waals surface area contributed by atoms with Gasteiger partial charge in [0.2, 0.25) is 0 Å². The van der Waals surface area contributed by atoms with E-state index in [0.29, 0.717) is 19.8 Å². The maximum Gasteiger partial charge on any atom is 0.410 e. The number of carbonyl (C=O) groups is 1. The minimum atomic E-state index is -1.13. The lowest BCUT2D eigenvalue weighted by molar-refractivity contribution is 0.0239. The zero-order valence-corrected chi connectivity index (χ0v) is 21.7. The second-order valence-corrected chi connectivity index (χ2v) is 16.5. The minimum absolute atomic E-state index is 0.321. The first-order valence-electron chi connectivity index (χ1n) is 11.4. The predicted molar refractivity (Wildman–Crippen MR) is 129 cm³/mol. The van der Waals surface area contributed by atoms with E-state index in [1.54, 1.807) is 15.9 Å². The molecule has 0 aliphatic carbocycles. The fourth-order valence-electron chi connectivity index (χ4n) is 3.83. The van der Waals surface area contributed by atoms with Gasteiger partial charge in [-0.3, -0.25) is 4.90 Å². The Morgan fingerprint density at radius 3 is 2.58 bits per heavy atom. The van der Waals surface area contributed by atoms with Crippen LogP contribution in [0.15, 0.2) is 18.7 Å². The molecule has 1 aliphatic rings. The normalized spacial score (nSPS) is 14.2. The number of nitrogens with zero attached hydrogens (tertiary/aromatic N) is 6. The maximum absolute atomic E-state index is 12.4. The molecule has 0 radical (unpaired) electrons. The molecule has 0 atom stereocenters. The summed E-state index contributed by atoms with van der Waals surface area (Å²) in [5.41, 5.74) is 3.24. The molecule has 9 nitrogen and oxygen atoms in total. The summed E-state index contributed by atoms with van der Waals surface area (Å²) in [5, 5.41) is 5.69. The monoisotopic (exact) mass is 470 g/mol. The summed E-state index contributed by atoms with van der Waals surface area (Å²) in [6, 6.07) is 1.13. The molecule has 1 amide bonds. The molecule has 0 unspecified atom stereocenters. The average Bonchev–Trinajstić information content (AvgIpc) is 3.35. The average molecular weight is 471 g/mol. The molecule has 33 heavy (non-hydrogen) atoms. The van der Waals surface area contributed by atoms with E-state index in [1.165, 1.54) is 0 Å². The highest BCUT2D eigenvalue weighted by atomic mass is 28.3. The Labute approximate surface area is 195 Å². The number of aromatic nitrogens is 5. The van der Waals surface area contributed by atoms with Gasteiger partial charge in [-0.1, -0.05) is 19.6 Å². The van der Waals surface area contributed by atoms with Gasteiger partial charge in [0.05, 0.1) is 24.2 Å². The van der Waals surface area contributed by atoms with Gasteiger partial charge >= 0.3 is 6.09 Å². The van der Waals surface area contributed by atoms with Crippen LogP contribution < -0.4 is 0 Å². The molecule has 0 saturated carbocycles. The molecule has 4 rings (SSSR count).